The van der Waals surface area contributed by atoms with Gasteiger partial charge in [-0.15, -0.1) is 0 Å². The van der Waals surface area contributed by atoms with Crippen molar-refractivity contribution in [1.29, 1.82) is 0 Å². The molecular formula is C17H22N2O4. The Morgan fingerprint density at radius 1 is 1.09 bits per heavy atom. The number of nitrogens with zero attached hydrogens (tertiary/aromatic N) is 2. The number of rotatable bonds is 1. The van der Waals surface area contributed by atoms with Crippen LogP contribution in [0, 0.1) is 5.92 Å². The summed E-state index contributed by atoms with van der Waals surface area (Å²) in [6.45, 7) is 4.94. The zero-order valence-corrected chi connectivity index (χ0v) is 13.4. The summed E-state index contributed by atoms with van der Waals surface area (Å²) in [7, 11) is 2.12. The molecule has 0 saturated carbocycles. The van der Waals surface area contributed by atoms with Gasteiger partial charge in [0.05, 0.1) is 19.3 Å². The number of carbonyl (C=O) groups excluding carboxylic acids is 1. The van der Waals surface area contributed by atoms with Crippen LogP contribution in [-0.2, 0) is 4.74 Å². The topological polar surface area (TPSA) is 51.2 Å². The summed E-state index contributed by atoms with van der Waals surface area (Å²) < 4.78 is 16.8. The van der Waals surface area contributed by atoms with E-state index in [1.54, 1.807) is 6.07 Å². The number of amides is 1. The zero-order valence-electron chi connectivity index (χ0n) is 13.4. The zero-order chi connectivity index (χ0) is 15.8. The highest BCUT2D eigenvalue weighted by Gasteiger charge is 2.33. The monoisotopic (exact) mass is 318 g/mol. The maximum Gasteiger partial charge on any atom is 0.254 e. The summed E-state index contributed by atoms with van der Waals surface area (Å²) >= 11 is 0. The first-order valence-corrected chi connectivity index (χ1v) is 8.17. The Morgan fingerprint density at radius 2 is 1.91 bits per heavy atom. The first-order chi connectivity index (χ1) is 11.2. The average Bonchev–Trinajstić information content (AvgIpc) is 2.82. The molecule has 1 amide bonds. The van der Waals surface area contributed by atoms with Crippen molar-refractivity contribution in [2.75, 3.05) is 53.1 Å². The van der Waals surface area contributed by atoms with Gasteiger partial charge in [-0.2, -0.15) is 0 Å². The minimum absolute atomic E-state index is 0.0640. The number of benzene rings is 1. The van der Waals surface area contributed by atoms with Crippen molar-refractivity contribution in [3.05, 3.63) is 23.8 Å². The Morgan fingerprint density at radius 3 is 2.78 bits per heavy atom. The van der Waals surface area contributed by atoms with E-state index in [0.29, 0.717) is 49.3 Å². The van der Waals surface area contributed by atoms with Gasteiger partial charge in [0.1, 0.15) is 13.2 Å². The molecule has 2 bridgehead atoms. The Kier molecular flexibility index (Phi) is 3.87. The Balaban J connectivity index is 1.56. The molecule has 0 aliphatic carbocycles. The molecule has 6 nitrogen and oxygen atoms in total. The normalized spacial score (nSPS) is 27.4. The maximum absolute atomic E-state index is 12.9. The molecule has 0 spiro atoms. The smallest absolute Gasteiger partial charge is 0.254 e. The largest absolute Gasteiger partial charge is 0.486 e. The first-order valence-electron chi connectivity index (χ1n) is 8.17. The number of ether oxygens (including phenoxy) is 3. The van der Waals surface area contributed by atoms with Gasteiger partial charge in [0.15, 0.2) is 11.5 Å². The highest BCUT2D eigenvalue weighted by Crippen LogP contribution is 2.31. The fraction of sp³-hybridized carbons (Fsp3) is 0.588. The van der Waals surface area contributed by atoms with E-state index in [9.17, 15) is 4.79 Å². The van der Waals surface area contributed by atoms with Crippen molar-refractivity contribution < 1.29 is 19.0 Å². The second-order valence-corrected chi connectivity index (χ2v) is 6.57. The van der Waals surface area contributed by atoms with E-state index in [-0.39, 0.29) is 11.9 Å². The molecule has 3 aliphatic heterocycles. The molecule has 23 heavy (non-hydrogen) atoms. The van der Waals surface area contributed by atoms with E-state index in [0.717, 1.165) is 19.7 Å². The highest BCUT2D eigenvalue weighted by molar-refractivity contribution is 5.95. The number of hydrogen-bond acceptors (Lipinski definition) is 5. The maximum atomic E-state index is 12.9. The molecule has 4 rings (SSSR count). The highest BCUT2D eigenvalue weighted by atomic mass is 16.6. The van der Waals surface area contributed by atoms with Crippen molar-refractivity contribution >= 4 is 5.91 Å². The van der Waals surface area contributed by atoms with Crippen LogP contribution in [0.4, 0.5) is 0 Å². The molecule has 6 heteroatoms. The Hall–Kier alpha value is -1.79. The van der Waals surface area contributed by atoms with E-state index >= 15 is 0 Å². The molecule has 2 atom stereocenters. The van der Waals surface area contributed by atoms with Gasteiger partial charge < -0.3 is 19.1 Å². The molecule has 0 aromatic heterocycles. The third-order valence-corrected chi connectivity index (χ3v) is 4.82. The minimum Gasteiger partial charge on any atom is -0.486 e. The summed E-state index contributed by atoms with van der Waals surface area (Å²) in [4.78, 5) is 17.2. The summed E-state index contributed by atoms with van der Waals surface area (Å²) in [5.41, 5.74) is 0.665. The first kappa shape index (κ1) is 14.8. The van der Waals surface area contributed by atoms with Gasteiger partial charge in [-0.25, -0.2) is 0 Å². The predicted octanol–water partition coefficient (Wildman–Crippen LogP) is 0.860. The Bertz CT molecular complexity index is 606. The quantitative estimate of drug-likeness (QED) is 0.769. The van der Waals surface area contributed by atoms with Crippen molar-refractivity contribution in [2.45, 2.75) is 6.04 Å². The summed E-state index contributed by atoms with van der Waals surface area (Å²) in [6.07, 6.45) is 0. The Labute approximate surface area is 135 Å². The number of fused-ring (bicyclic) bond motifs is 4. The molecule has 1 aromatic carbocycles. The molecule has 0 unspecified atom stereocenters. The molecule has 3 heterocycles. The molecule has 124 valence electrons. The lowest BCUT2D eigenvalue weighted by Crippen LogP contribution is -2.44. The molecule has 1 aromatic rings. The van der Waals surface area contributed by atoms with E-state index < -0.39 is 0 Å². The van der Waals surface area contributed by atoms with Crippen molar-refractivity contribution in [2.24, 2.45) is 5.92 Å². The minimum atomic E-state index is 0.0640. The SMILES string of the molecule is CN1C[C@H]2COC[C@@H]1CN(C(=O)c1ccc3c(c1)OCCO3)C2. The van der Waals surface area contributed by atoms with Crippen LogP contribution in [0.2, 0.25) is 0 Å². The molecule has 0 radical (unpaired) electrons. The lowest BCUT2D eigenvalue weighted by Gasteiger charge is -2.30. The van der Waals surface area contributed by atoms with Crippen LogP contribution in [0.1, 0.15) is 10.4 Å². The molecule has 3 aliphatic rings. The molecule has 0 N–H and O–H groups in total. The average molecular weight is 318 g/mol. The molecular weight excluding hydrogens is 296 g/mol. The van der Waals surface area contributed by atoms with Gasteiger partial charge in [-0.1, -0.05) is 0 Å². The van der Waals surface area contributed by atoms with Crippen molar-refractivity contribution in [1.82, 2.24) is 9.80 Å². The van der Waals surface area contributed by atoms with Crippen LogP contribution in [0.3, 0.4) is 0 Å². The lowest BCUT2D eigenvalue weighted by atomic mass is 10.1. The van der Waals surface area contributed by atoms with E-state index in [1.807, 2.05) is 17.0 Å². The van der Waals surface area contributed by atoms with Gasteiger partial charge in [-0.3, -0.25) is 9.69 Å². The van der Waals surface area contributed by atoms with Gasteiger partial charge in [0.25, 0.3) is 5.91 Å². The van der Waals surface area contributed by atoms with Crippen molar-refractivity contribution in [3.8, 4) is 11.5 Å². The number of hydrogen-bond donors (Lipinski definition) is 0. The summed E-state index contributed by atoms with van der Waals surface area (Å²) in [6, 6.07) is 5.73. The standard InChI is InChI=1S/C17H22N2O4/c1-18-7-12-8-19(9-14(18)11-21-10-12)17(20)13-2-3-15-16(6-13)23-5-4-22-15/h2-3,6,12,14H,4-5,7-11H2,1H3/t12-,14+/m1/s1. The second kappa shape index (κ2) is 6.02. The van der Waals surface area contributed by atoms with Gasteiger partial charge >= 0.3 is 0 Å². The van der Waals surface area contributed by atoms with Crippen LogP contribution in [0.5, 0.6) is 11.5 Å². The van der Waals surface area contributed by atoms with Crippen LogP contribution in [-0.4, -0.2) is 74.9 Å². The molecule has 2 fully saturated rings. The van der Waals surface area contributed by atoms with Gasteiger partial charge in [0, 0.05) is 31.1 Å². The van der Waals surface area contributed by atoms with Gasteiger partial charge in [-0.05, 0) is 25.2 Å². The molecule has 2 saturated heterocycles. The number of carbonyl (C=O) groups is 1. The van der Waals surface area contributed by atoms with Crippen LogP contribution in [0.15, 0.2) is 18.2 Å². The van der Waals surface area contributed by atoms with Crippen molar-refractivity contribution in [3.63, 3.8) is 0 Å². The summed E-state index contributed by atoms with van der Waals surface area (Å²) in [5, 5.41) is 0. The third-order valence-electron chi connectivity index (χ3n) is 4.82. The summed E-state index contributed by atoms with van der Waals surface area (Å²) in [5.74, 6) is 1.81. The third kappa shape index (κ3) is 2.88. The van der Waals surface area contributed by atoms with E-state index in [2.05, 4.69) is 11.9 Å². The fourth-order valence-corrected chi connectivity index (χ4v) is 3.57. The lowest BCUT2D eigenvalue weighted by molar-refractivity contribution is 0.0433. The fourth-order valence-electron chi connectivity index (χ4n) is 3.57. The van der Waals surface area contributed by atoms with Crippen LogP contribution >= 0.6 is 0 Å². The van der Waals surface area contributed by atoms with Gasteiger partial charge in [0.2, 0.25) is 0 Å². The van der Waals surface area contributed by atoms with E-state index in [4.69, 9.17) is 14.2 Å². The van der Waals surface area contributed by atoms with Crippen LogP contribution in [0.25, 0.3) is 0 Å². The van der Waals surface area contributed by atoms with E-state index in [1.165, 1.54) is 0 Å². The predicted molar refractivity (Wildman–Crippen MR) is 84.1 cm³/mol. The second-order valence-electron chi connectivity index (χ2n) is 6.57. The van der Waals surface area contributed by atoms with Crippen LogP contribution < -0.4 is 9.47 Å². The number of likely N-dealkylation sites (N-methyl/N-ethyl adjacent to an activating group) is 1.